The Kier molecular flexibility index (Phi) is 7.38. The van der Waals surface area contributed by atoms with E-state index in [1.807, 2.05) is 54.6 Å². The molecule has 0 atom stereocenters. The maximum atomic E-state index is 11.6. The molecule has 0 saturated carbocycles. The lowest BCUT2D eigenvalue weighted by atomic mass is 10.2. The first-order valence-electron chi connectivity index (χ1n) is 9.13. The Morgan fingerprint density at radius 3 is 2.10 bits per heavy atom. The van der Waals surface area contributed by atoms with Crippen molar-refractivity contribution in [2.45, 2.75) is 34.3 Å². The van der Waals surface area contributed by atoms with Gasteiger partial charge in [0.25, 0.3) is 0 Å². The second-order valence-electron chi connectivity index (χ2n) is 6.42. The molecule has 2 N–H and O–H groups in total. The smallest absolute Gasteiger partial charge is 0.221 e. The van der Waals surface area contributed by atoms with E-state index in [0.29, 0.717) is 0 Å². The lowest BCUT2D eigenvalue weighted by Crippen LogP contribution is -2.06. The Balaban J connectivity index is 1.76. The van der Waals surface area contributed by atoms with Gasteiger partial charge in [0, 0.05) is 40.0 Å². The summed E-state index contributed by atoms with van der Waals surface area (Å²) in [6.45, 7) is 3.01. The molecule has 0 aromatic heterocycles. The third-order valence-corrected chi connectivity index (χ3v) is 6.04. The van der Waals surface area contributed by atoms with Gasteiger partial charge in [-0.3, -0.25) is 9.59 Å². The minimum absolute atomic E-state index is 0.0828. The average molecular weight is 423 g/mol. The standard InChI is InChI=1S/C23H22N2O2S2/c1-16(26)24-19-8-10-20(11-9-19)29-21-12-13-22(25-17(2)27)23(14-21)28-15-18-6-4-3-5-7-18/h3-14H,15H2,1-2H3,(H,24,26)(H,25,27). The molecule has 0 aliphatic carbocycles. The highest BCUT2D eigenvalue weighted by molar-refractivity contribution is 7.99. The summed E-state index contributed by atoms with van der Waals surface area (Å²) in [6, 6.07) is 24.1. The van der Waals surface area contributed by atoms with Crippen molar-refractivity contribution >= 4 is 46.7 Å². The molecule has 0 unspecified atom stereocenters. The van der Waals surface area contributed by atoms with Crippen molar-refractivity contribution in [3.8, 4) is 0 Å². The highest BCUT2D eigenvalue weighted by Crippen LogP contribution is 2.36. The summed E-state index contributed by atoms with van der Waals surface area (Å²) < 4.78 is 0. The van der Waals surface area contributed by atoms with Crippen LogP contribution in [0.25, 0.3) is 0 Å². The molecule has 0 heterocycles. The molecule has 148 valence electrons. The number of carbonyl (C=O) groups excluding carboxylic acids is 2. The summed E-state index contributed by atoms with van der Waals surface area (Å²) in [5.41, 5.74) is 2.84. The van der Waals surface area contributed by atoms with Gasteiger partial charge in [0.2, 0.25) is 11.8 Å². The number of hydrogen-bond acceptors (Lipinski definition) is 4. The van der Waals surface area contributed by atoms with Crippen molar-refractivity contribution in [3.05, 3.63) is 78.4 Å². The molecule has 0 spiro atoms. The second-order valence-corrected chi connectivity index (χ2v) is 8.59. The van der Waals surface area contributed by atoms with Gasteiger partial charge < -0.3 is 10.6 Å². The molecule has 0 bridgehead atoms. The fourth-order valence-corrected chi connectivity index (χ4v) is 4.59. The number of thioether (sulfide) groups is 1. The topological polar surface area (TPSA) is 58.2 Å². The molecule has 0 fully saturated rings. The summed E-state index contributed by atoms with van der Waals surface area (Å²) in [4.78, 5) is 25.9. The Labute approximate surface area is 179 Å². The SMILES string of the molecule is CC(=O)Nc1ccc(Sc2ccc(NC(C)=O)c(SCc3ccccc3)c2)cc1. The first kappa shape index (κ1) is 21.0. The molecule has 3 aromatic carbocycles. The number of hydrogen-bond donors (Lipinski definition) is 2. The predicted octanol–water partition coefficient (Wildman–Crippen LogP) is 6.05. The van der Waals surface area contributed by atoms with Gasteiger partial charge in [-0.1, -0.05) is 42.1 Å². The van der Waals surface area contributed by atoms with E-state index in [0.717, 1.165) is 31.8 Å². The van der Waals surface area contributed by atoms with E-state index in [9.17, 15) is 9.59 Å². The molecule has 3 aromatic rings. The zero-order chi connectivity index (χ0) is 20.6. The third-order valence-electron chi connectivity index (χ3n) is 3.91. The van der Waals surface area contributed by atoms with E-state index in [4.69, 9.17) is 0 Å². The number of nitrogens with one attached hydrogen (secondary N) is 2. The van der Waals surface area contributed by atoms with Gasteiger partial charge in [-0.25, -0.2) is 0 Å². The highest BCUT2D eigenvalue weighted by Gasteiger charge is 2.08. The maximum absolute atomic E-state index is 11.6. The van der Waals surface area contributed by atoms with Crippen molar-refractivity contribution < 1.29 is 9.59 Å². The van der Waals surface area contributed by atoms with Crippen molar-refractivity contribution in [1.82, 2.24) is 0 Å². The van der Waals surface area contributed by atoms with Crippen LogP contribution in [-0.4, -0.2) is 11.8 Å². The van der Waals surface area contributed by atoms with Gasteiger partial charge in [0.1, 0.15) is 0 Å². The summed E-state index contributed by atoms with van der Waals surface area (Å²) in [5.74, 6) is 0.659. The predicted molar refractivity (Wildman–Crippen MR) is 122 cm³/mol. The van der Waals surface area contributed by atoms with Crippen LogP contribution < -0.4 is 10.6 Å². The third kappa shape index (κ3) is 6.69. The Bertz CT molecular complexity index is 990. The Morgan fingerprint density at radius 1 is 0.793 bits per heavy atom. The van der Waals surface area contributed by atoms with Crippen molar-refractivity contribution in [3.63, 3.8) is 0 Å². The van der Waals surface area contributed by atoms with Gasteiger partial charge in [0.05, 0.1) is 5.69 Å². The van der Waals surface area contributed by atoms with E-state index in [2.05, 4.69) is 28.8 Å². The fraction of sp³-hybridized carbons (Fsp3) is 0.130. The van der Waals surface area contributed by atoms with Crippen LogP contribution in [0.15, 0.2) is 87.5 Å². The molecule has 0 saturated heterocycles. The number of anilines is 2. The molecule has 3 rings (SSSR count). The zero-order valence-corrected chi connectivity index (χ0v) is 17.9. The van der Waals surface area contributed by atoms with Gasteiger partial charge in [0.15, 0.2) is 0 Å². The van der Waals surface area contributed by atoms with Crippen LogP contribution in [0.5, 0.6) is 0 Å². The van der Waals surface area contributed by atoms with E-state index in [1.165, 1.54) is 19.4 Å². The first-order chi connectivity index (χ1) is 14.0. The molecule has 0 aliphatic heterocycles. The summed E-state index contributed by atoms with van der Waals surface area (Å²) in [5, 5.41) is 5.69. The average Bonchev–Trinajstić information content (AvgIpc) is 2.69. The molecule has 29 heavy (non-hydrogen) atoms. The summed E-state index contributed by atoms with van der Waals surface area (Å²) >= 11 is 3.34. The molecule has 0 aliphatic rings. The van der Waals surface area contributed by atoms with Crippen LogP contribution >= 0.6 is 23.5 Å². The van der Waals surface area contributed by atoms with E-state index in [1.54, 1.807) is 23.5 Å². The van der Waals surface area contributed by atoms with E-state index < -0.39 is 0 Å². The molecule has 2 amide bonds. The van der Waals surface area contributed by atoms with Crippen LogP contribution in [0.2, 0.25) is 0 Å². The molecular formula is C23H22N2O2S2. The normalized spacial score (nSPS) is 10.4. The fourth-order valence-electron chi connectivity index (χ4n) is 2.66. The van der Waals surface area contributed by atoms with E-state index in [-0.39, 0.29) is 11.8 Å². The van der Waals surface area contributed by atoms with Crippen LogP contribution in [0.1, 0.15) is 19.4 Å². The number of rotatable bonds is 7. The van der Waals surface area contributed by atoms with Gasteiger partial charge in [-0.15, -0.1) is 11.8 Å². The van der Waals surface area contributed by atoms with Crippen molar-refractivity contribution in [1.29, 1.82) is 0 Å². The lowest BCUT2D eigenvalue weighted by Gasteiger charge is -2.12. The first-order valence-corrected chi connectivity index (χ1v) is 10.9. The summed E-state index contributed by atoms with van der Waals surface area (Å²) in [6.07, 6.45) is 0. The molecule has 0 radical (unpaired) electrons. The summed E-state index contributed by atoms with van der Waals surface area (Å²) in [7, 11) is 0. The highest BCUT2D eigenvalue weighted by atomic mass is 32.2. The second kappa shape index (κ2) is 10.2. The Morgan fingerprint density at radius 2 is 1.45 bits per heavy atom. The zero-order valence-electron chi connectivity index (χ0n) is 16.3. The van der Waals surface area contributed by atoms with E-state index >= 15 is 0 Å². The van der Waals surface area contributed by atoms with Gasteiger partial charge >= 0.3 is 0 Å². The van der Waals surface area contributed by atoms with Gasteiger partial charge in [-0.05, 0) is 48.0 Å². The number of carbonyl (C=O) groups is 2. The molecular weight excluding hydrogens is 400 g/mol. The van der Waals surface area contributed by atoms with Crippen LogP contribution in [-0.2, 0) is 15.3 Å². The largest absolute Gasteiger partial charge is 0.326 e. The van der Waals surface area contributed by atoms with Crippen molar-refractivity contribution in [2.24, 2.45) is 0 Å². The monoisotopic (exact) mass is 422 g/mol. The van der Waals surface area contributed by atoms with Crippen molar-refractivity contribution in [2.75, 3.05) is 10.6 Å². The number of benzene rings is 3. The quantitative estimate of drug-likeness (QED) is 0.455. The minimum Gasteiger partial charge on any atom is -0.326 e. The maximum Gasteiger partial charge on any atom is 0.221 e. The Hall–Kier alpha value is -2.70. The van der Waals surface area contributed by atoms with Crippen LogP contribution in [0.3, 0.4) is 0 Å². The molecule has 6 heteroatoms. The van der Waals surface area contributed by atoms with Crippen LogP contribution in [0.4, 0.5) is 11.4 Å². The molecule has 4 nitrogen and oxygen atoms in total. The minimum atomic E-state index is -0.0842. The van der Waals surface area contributed by atoms with Crippen LogP contribution in [0, 0.1) is 0 Å². The van der Waals surface area contributed by atoms with Gasteiger partial charge in [-0.2, -0.15) is 0 Å². The lowest BCUT2D eigenvalue weighted by molar-refractivity contribution is -0.115. The number of amides is 2.